The highest BCUT2D eigenvalue weighted by molar-refractivity contribution is 5.93. The van der Waals surface area contributed by atoms with Gasteiger partial charge in [0.2, 0.25) is 0 Å². The van der Waals surface area contributed by atoms with Crippen LogP contribution in [0.1, 0.15) is 22.3 Å². The summed E-state index contributed by atoms with van der Waals surface area (Å²) in [6.07, 6.45) is 3.62. The number of hydrogen-bond acceptors (Lipinski definition) is 2. The van der Waals surface area contributed by atoms with E-state index < -0.39 is 0 Å². The number of aromatic nitrogens is 2. The van der Waals surface area contributed by atoms with Gasteiger partial charge >= 0.3 is 0 Å². The molecule has 1 atom stereocenters. The highest BCUT2D eigenvalue weighted by atomic mass is 14.8. The van der Waals surface area contributed by atoms with Crippen LogP contribution in [0.25, 0.3) is 22.4 Å². The van der Waals surface area contributed by atoms with Crippen molar-refractivity contribution >= 4 is 0 Å². The maximum atomic E-state index is 4.64. The molecule has 6 rings (SSSR count). The third-order valence-electron chi connectivity index (χ3n) is 5.51. The first-order valence-electron chi connectivity index (χ1n) is 8.35. The minimum Gasteiger partial charge on any atom is -0.244 e. The Morgan fingerprint density at radius 1 is 0.760 bits per heavy atom. The highest BCUT2D eigenvalue weighted by Crippen LogP contribution is 2.61. The van der Waals surface area contributed by atoms with Gasteiger partial charge in [-0.25, -0.2) is 9.97 Å². The minimum atomic E-state index is -0.356. The first-order valence-corrected chi connectivity index (χ1v) is 8.35. The van der Waals surface area contributed by atoms with E-state index in [0.29, 0.717) is 0 Å². The van der Waals surface area contributed by atoms with Gasteiger partial charge in [0, 0.05) is 22.9 Å². The maximum absolute atomic E-state index is 4.64. The average Bonchev–Trinajstić information content (AvgIpc) is 3.16. The summed E-state index contributed by atoms with van der Waals surface area (Å²) < 4.78 is 0. The van der Waals surface area contributed by atoms with E-state index in [1.165, 1.54) is 27.8 Å². The second-order valence-electron chi connectivity index (χ2n) is 6.52. The molecule has 0 bridgehead atoms. The van der Waals surface area contributed by atoms with Crippen molar-refractivity contribution in [2.75, 3.05) is 0 Å². The van der Waals surface area contributed by atoms with Crippen molar-refractivity contribution in [1.82, 2.24) is 9.97 Å². The van der Waals surface area contributed by atoms with Crippen LogP contribution in [0.2, 0.25) is 0 Å². The zero-order valence-electron chi connectivity index (χ0n) is 13.3. The number of fused-ring (bicyclic) bond motifs is 10. The van der Waals surface area contributed by atoms with Crippen LogP contribution in [-0.2, 0) is 5.41 Å². The lowest BCUT2D eigenvalue weighted by Crippen LogP contribution is -2.26. The van der Waals surface area contributed by atoms with Crippen LogP contribution in [0.5, 0.6) is 0 Å². The van der Waals surface area contributed by atoms with E-state index in [1.807, 2.05) is 12.3 Å². The summed E-state index contributed by atoms with van der Waals surface area (Å²) in [5.74, 6) is 0. The Morgan fingerprint density at radius 2 is 1.52 bits per heavy atom. The minimum absolute atomic E-state index is 0.356. The lowest BCUT2D eigenvalue weighted by atomic mass is 9.71. The standard InChI is InChI=1S/C23H12N2/c1-4-10-18-15(7-1)16-8-2-5-11-19(16)23(18)20-12-6-3-9-17(20)22-21(23)13-24-14-25-22/h1,3-7,9-14H. The topological polar surface area (TPSA) is 25.8 Å². The lowest BCUT2D eigenvalue weighted by molar-refractivity contribution is 0.784. The number of benzene rings is 2. The summed E-state index contributed by atoms with van der Waals surface area (Å²) in [6, 6.07) is 27.8. The van der Waals surface area contributed by atoms with Crippen molar-refractivity contribution in [3.05, 3.63) is 108 Å². The van der Waals surface area contributed by atoms with Gasteiger partial charge in [-0.1, -0.05) is 60.7 Å². The lowest BCUT2D eigenvalue weighted by Gasteiger charge is -2.29. The van der Waals surface area contributed by atoms with E-state index >= 15 is 0 Å². The van der Waals surface area contributed by atoms with Crippen LogP contribution < -0.4 is 0 Å². The van der Waals surface area contributed by atoms with Crippen molar-refractivity contribution in [3.8, 4) is 22.4 Å². The van der Waals surface area contributed by atoms with Crippen LogP contribution >= 0.6 is 0 Å². The van der Waals surface area contributed by atoms with Crippen LogP contribution in [0.3, 0.4) is 0 Å². The fourth-order valence-corrected chi connectivity index (χ4v) is 4.65. The quantitative estimate of drug-likeness (QED) is 0.414. The third kappa shape index (κ3) is 1.35. The van der Waals surface area contributed by atoms with Gasteiger partial charge in [-0.05, 0) is 34.4 Å². The van der Waals surface area contributed by atoms with Gasteiger partial charge in [0.05, 0.1) is 11.1 Å². The van der Waals surface area contributed by atoms with Crippen molar-refractivity contribution in [3.63, 3.8) is 0 Å². The molecule has 0 fully saturated rings. The molecule has 114 valence electrons. The zero-order valence-corrected chi connectivity index (χ0v) is 13.3. The van der Waals surface area contributed by atoms with Crippen molar-refractivity contribution in [1.29, 1.82) is 0 Å². The predicted molar refractivity (Wildman–Crippen MR) is 96.0 cm³/mol. The van der Waals surface area contributed by atoms with Gasteiger partial charge in [-0.2, -0.15) is 0 Å². The van der Waals surface area contributed by atoms with E-state index in [1.54, 1.807) is 6.33 Å². The molecule has 0 amide bonds. The van der Waals surface area contributed by atoms with Gasteiger partial charge in [0.25, 0.3) is 0 Å². The molecule has 2 aliphatic carbocycles. The van der Waals surface area contributed by atoms with Crippen LogP contribution in [0.4, 0.5) is 0 Å². The Bertz CT molecular complexity index is 972. The molecule has 0 saturated carbocycles. The monoisotopic (exact) mass is 316 g/mol. The van der Waals surface area contributed by atoms with E-state index in [9.17, 15) is 0 Å². The second kappa shape index (κ2) is 4.34. The molecule has 1 spiro atoms. The van der Waals surface area contributed by atoms with Gasteiger partial charge in [-0.3, -0.25) is 0 Å². The number of nitrogens with zero attached hydrogens (tertiary/aromatic N) is 2. The Kier molecular flexibility index (Phi) is 2.24. The van der Waals surface area contributed by atoms with Crippen LogP contribution in [0, 0.1) is 12.1 Å². The SMILES string of the molecule is c1ccc2c(c#1)-c1ccccc1C21c2ccccc2-c2ncncc21. The van der Waals surface area contributed by atoms with Crippen molar-refractivity contribution in [2.24, 2.45) is 0 Å². The fourth-order valence-electron chi connectivity index (χ4n) is 4.65. The van der Waals surface area contributed by atoms with Crippen LogP contribution in [-0.4, -0.2) is 9.97 Å². The molecule has 2 nitrogen and oxygen atoms in total. The molecular formula is C23H12N2. The molecule has 0 radical (unpaired) electrons. The molecule has 0 aliphatic heterocycles. The first kappa shape index (κ1) is 12.9. The number of hydrogen-bond donors (Lipinski definition) is 0. The molecule has 3 aromatic carbocycles. The zero-order chi connectivity index (χ0) is 16.4. The Labute approximate surface area is 145 Å². The van der Waals surface area contributed by atoms with Gasteiger partial charge in [-0.15, -0.1) is 0 Å². The summed E-state index contributed by atoms with van der Waals surface area (Å²) in [4.78, 5) is 9.01. The number of rotatable bonds is 0. The van der Waals surface area contributed by atoms with Gasteiger partial charge < -0.3 is 0 Å². The van der Waals surface area contributed by atoms with E-state index in [0.717, 1.165) is 16.8 Å². The molecule has 2 aliphatic rings. The van der Waals surface area contributed by atoms with Crippen molar-refractivity contribution in [2.45, 2.75) is 5.41 Å². The molecule has 25 heavy (non-hydrogen) atoms. The Hall–Kier alpha value is -3.44. The maximum Gasteiger partial charge on any atom is 0.116 e. The summed E-state index contributed by atoms with van der Waals surface area (Å²) in [5.41, 5.74) is 9.17. The summed E-state index contributed by atoms with van der Waals surface area (Å²) in [7, 11) is 0. The van der Waals surface area contributed by atoms with E-state index in [2.05, 4.69) is 76.7 Å². The third-order valence-corrected chi connectivity index (χ3v) is 5.51. The molecule has 1 unspecified atom stereocenters. The van der Waals surface area contributed by atoms with Crippen molar-refractivity contribution < 1.29 is 0 Å². The molecule has 1 aromatic heterocycles. The molecule has 1 heterocycles. The molecule has 4 aromatic rings. The van der Waals surface area contributed by atoms with Gasteiger partial charge in [0.15, 0.2) is 0 Å². The molecular weight excluding hydrogens is 304 g/mol. The first-order chi connectivity index (χ1) is 12.4. The normalized spacial score (nSPS) is 14.4. The molecule has 0 saturated heterocycles. The van der Waals surface area contributed by atoms with E-state index in [4.69, 9.17) is 0 Å². The summed E-state index contributed by atoms with van der Waals surface area (Å²) >= 11 is 0. The van der Waals surface area contributed by atoms with Crippen LogP contribution in [0.15, 0.2) is 73.2 Å². The van der Waals surface area contributed by atoms with E-state index in [-0.39, 0.29) is 5.41 Å². The average molecular weight is 316 g/mol. The summed E-state index contributed by atoms with van der Waals surface area (Å²) in [5, 5.41) is 0. The largest absolute Gasteiger partial charge is 0.244 e. The smallest absolute Gasteiger partial charge is 0.116 e. The molecule has 0 N–H and O–H groups in total. The highest BCUT2D eigenvalue weighted by Gasteiger charge is 2.52. The summed E-state index contributed by atoms with van der Waals surface area (Å²) in [6.45, 7) is 0. The second-order valence-corrected chi connectivity index (χ2v) is 6.52. The Morgan fingerprint density at radius 3 is 2.40 bits per heavy atom. The fraction of sp³-hybridized carbons (Fsp3) is 0.0435. The van der Waals surface area contributed by atoms with Gasteiger partial charge in [0.1, 0.15) is 6.33 Å². The predicted octanol–water partition coefficient (Wildman–Crippen LogP) is 4.42. The molecule has 2 heteroatoms. The Balaban J connectivity index is 1.89.